The Morgan fingerprint density at radius 1 is 1.36 bits per heavy atom. The van der Waals surface area contributed by atoms with Gasteiger partial charge in [0.05, 0.1) is 7.11 Å². The number of alkyl halides is 5. The van der Waals surface area contributed by atoms with Gasteiger partial charge in [0.1, 0.15) is 0 Å². The largest absolute Gasteiger partial charge is 0.493 e. The minimum absolute atomic E-state index is 0.0786. The zero-order valence-electron chi connectivity index (χ0n) is 13.0. The molecular weight excluding hydrogens is 355 g/mol. The van der Waals surface area contributed by atoms with Gasteiger partial charge in [-0.15, -0.1) is 0 Å². The number of carbonyl (C=O) groups is 1. The summed E-state index contributed by atoms with van der Waals surface area (Å²) in [6.45, 7) is -1.93. The molecule has 0 spiro atoms. The number of nitrogens with zero attached hydrogens (tertiary/aromatic N) is 2. The maximum absolute atomic E-state index is 13.2. The number of hydrogen-bond donors (Lipinski definition) is 1. The molecule has 0 aliphatic carbocycles. The second-order valence-corrected chi connectivity index (χ2v) is 5.19. The Labute approximate surface area is 138 Å². The number of methoxy groups -OCH3 is 1. The van der Waals surface area contributed by atoms with Crippen LogP contribution in [0, 0.1) is 0 Å². The van der Waals surface area contributed by atoms with E-state index in [0.29, 0.717) is 0 Å². The van der Waals surface area contributed by atoms with Crippen LogP contribution >= 0.6 is 0 Å². The summed E-state index contributed by atoms with van der Waals surface area (Å²) in [5, 5.41) is 13.3. The molecule has 0 fully saturated rings. The van der Waals surface area contributed by atoms with Gasteiger partial charge in [-0.1, -0.05) is 0 Å². The van der Waals surface area contributed by atoms with E-state index in [0.717, 1.165) is 25.3 Å². The van der Waals surface area contributed by atoms with Crippen molar-refractivity contribution in [2.45, 2.75) is 31.9 Å². The lowest BCUT2D eigenvalue weighted by atomic mass is 10.1. The molecule has 1 N–H and O–H groups in total. The summed E-state index contributed by atoms with van der Waals surface area (Å²) < 4.78 is 73.0. The number of amides is 1. The zero-order chi connectivity index (χ0) is 19.0. The maximum atomic E-state index is 13.2. The fourth-order valence-electron chi connectivity index (χ4n) is 2.27. The minimum atomic E-state index is -5.15. The first-order chi connectivity index (χ1) is 11.5. The first-order valence-electron chi connectivity index (χ1n) is 6.80. The second-order valence-electron chi connectivity index (χ2n) is 5.19. The minimum Gasteiger partial charge on any atom is -0.493 e. The van der Waals surface area contributed by atoms with Crippen LogP contribution in [0.15, 0.2) is 23.3 Å². The maximum Gasteiger partial charge on any atom is 0.438 e. The smallest absolute Gasteiger partial charge is 0.438 e. The first-order valence-corrected chi connectivity index (χ1v) is 6.80. The summed E-state index contributed by atoms with van der Waals surface area (Å²) in [6, 6.07) is 2.82. The van der Waals surface area contributed by atoms with E-state index in [-0.39, 0.29) is 22.0 Å². The number of aliphatic hydroxyl groups is 1. The number of rotatable bonds is 4. The lowest BCUT2D eigenvalue weighted by Crippen LogP contribution is -2.56. The van der Waals surface area contributed by atoms with Crippen molar-refractivity contribution in [1.82, 2.24) is 5.01 Å². The molecule has 0 unspecified atom stereocenters. The average molecular weight is 368 g/mol. The predicted octanol–water partition coefficient (Wildman–Crippen LogP) is 2.77. The lowest BCUT2D eigenvalue weighted by Gasteiger charge is -2.32. The standard InChI is InChI=1S/C14H13F5N2O4/c1-7-6-13(23,14(17,18)19)21(20-7)11(22)8-3-4-9(25-12(15)16)10(5-8)24-2/h3-5,12,23H,6H2,1-2H3/t13-/m0/s1. The van der Waals surface area contributed by atoms with Crippen molar-refractivity contribution in [1.29, 1.82) is 0 Å². The highest BCUT2D eigenvalue weighted by molar-refractivity contribution is 5.98. The Morgan fingerprint density at radius 2 is 2.00 bits per heavy atom. The van der Waals surface area contributed by atoms with Crippen molar-refractivity contribution >= 4 is 11.6 Å². The van der Waals surface area contributed by atoms with Crippen LogP contribution in [0.1, 0.15) is 23.7 Å². The number of ether oxygens (including phenoxy) is 2. The number of benzene rings is 1. The van der Waals surface area contributed by atoms with Gasteiger partial charge in [0.25, 0.3) is 11.6 Å². The molecular formula is C14H13F5N2O4. The van der Waals surface area contributed by atoms with Crippen LogP contribution in [-0.4, -0.2) is 47.4 Å². The van der Waals surface area contributed by atoms with Crippen molar-refractivity contribution < 1.29 is 41.3 Å². The van der Waals surface area contributed by atoms with E-state index in [1.807, 2.05) is 0 Å². The molecule has 0 bridgehead atoms. The molecule has 6 nitrogen and oxygen atoms in total. The Kier molecular flexibility index (Phi) is 4.89. The van der Waals surface area contributed by atoms with Gasteiger partial charge in [-0.2, -0.15) is 32.1 Å². The van der Waals surface area contributed by atoms with Gasteiger partial charge in [-0.05, 0) is 25.1 Å². The van der Waals surface area contributed by atoms with Crippen LogP contribution in [0.25, 0.3) is 0 Å². The first kappa shape index (κ1) is 18.9. The Morgan fingerprint density at radius 3 is 2.52 bits per heavy atom. The molecule has 1 aliphatic heterocycles. The summed E-state index contributed by atoms with van der Waals surface area (Å²) >= 11 is 0. The molecule has 0 radical (unpaired) electrons. The van der Waals surface area contributed by atoms with Gasteiger partial charge in [0.2, 0.25) is 0 Å². The van der Waals surface area contributed by atoms with Gasteiger partial charge in [0.15, 0.2) is 11.5 Å². The van der Waals surface area contributed by atoms with Crippen molar-refractivity contribution in [3.8, 4) is 11.5 Å². The highest BCUT2D eigenvalue weighted by Crippen LogP contribution is 2.41. The number of hydrogen-bond acceptors (Lipinski definition) is 5. The lowest BCUT2D eigenvalue weighted by molar-refractivity contribution is -0.297. The number of hydrazone groups is 1. The van der Waals surface area contributed by atoms with Crippen LogP contribution in [0.5, 0.6) is 11.5 Å². The predicted molar refractivity (Wildman–Crippen MR) is 74.5 cm³/mol. The normalized spacial score (nSPS) is 20.7. The molecule has 1 heterocycles. The number of halogens is 5. The third kappa shape index (κ3) is 3.50. The molecule has 2 rings (SSSR count). The van der Waals surface area contributed by atoms with Crippen molar-refractivity contribution in [3.63, 3.8) is 0 Å². The van der Waals surface area contributed by atoms with Gasteiger partial charge in [-0.3, -0.25) is 4.79 Å². The van der Waals surface area contributed by atoms with E-state index in [9.17, 15) is 31.9 Å². The van der Waals surface area contributed by atoms with Crippen LogP contribution in [0.4, 0.5) is 22.0 Å². The molecule has 25 heavy (non-hydrogen) atoms. The third-order valence-corrected chi connectivity index (χ3v) is 3.40. The van der Waals surface area contributed by atoms with Crippen molar-refractivity contribution in [3.05, 3.63) is 23.8 Å². The molecule has 138 valence electrons. The van der Waals surface area contributed by atoms with Crippen LogP contribution in [-0.2, 0) is 0 Å². The summed E-state index contributed by atoms with van der Waals surface area (Å²) in [6.07, 6.45) is -6.04. The highest BCUT2D eigenvalue weighted by Gasteiger charge is 2.62. The van der Waals surface area contributed by atoms with Crippen LogP contribution in [0.3, 0.4) is 0 Å². The van der Waals surface area contributed by atoms with E-state index in [1.54, 1.807) is 0 Å². The summed E-state index contributed by atoms with van der Waals surface area (Å²) in [5.41, 5.74) is -3.95. The Hall–Kier alpha value is -2.43. The Bertz CT molecular complexity index is 707. The number of carbonyl (C=O) groups excluding carboxylic acids is 1. The molecule has 0 aromatic heterocycles. The van der Waals surface area contributed by atoms with Gasteiger partial charge < -0.3 is 14.6 Å². The average Bonchev–Trinajstić information content (AvgIpc) is 2.82. The molecule has 1 aliphatic rings. The summed E-state index contributed by atoms with van der Waals surface area (Å²) in [5.74, 6) is -1.97. The zero-order valence-corrected chi connectivity index (χ0v) is 13.0. The van der Waals surface area contributed by atoms with E-state index >= 15 is 0 Å². The van der Waals surface area contributed by atoms with E-state index < -0.39 is 36.6 Å². The molecule has 11 heteroatoms. The molecule has 0 saturated heterocycles. The quantitative estimate of drug-likeness (QED) is 0.830. The van der Waals surface area contributed by atoms with Gasteiger partial charge >= 0.3 is 12.8 Å². The SMILES string of the molecule is COc1cc(C(=O)N2N=C(C)C[C@]2(O)C(F)(F)F)ccc1OC(F)F. The van der Waals surface area contributed by atoms with Gasteiger partial charge in [0, 0.05) is 17.7 Å². The van der Waals surface area contributed by atoms with E-state index in [4.69, 9.17) is 4.74 Å². The molecule has 1 amide bonds. The molecule has 1 atom stereocenters. The summed E-state index contributed by atoms with van der Waals surface area (Å²) in [4.78, 5) is 12.4. The molecule has 1 aromatic carbocycles. The fraction of sp³-hybridized carbons (Fsp3) is 0.429. The Balaban J connectivity index is 2.39. The van der Waals surface area contributed by atoms with Crippen molar-refractivity contribution in [2.24, 2.45) is 5.10 Å². The van der Waals surface area contributed by atoms with Crippen LogP contribution < -0.4 is 9.47 Å². The summed E-state index contributed by atoms with van der Waals surface area (Å²) in [7, 11) is 1.10. The van der Waals surface area contributed by atoms with Gasteiger partial charge in [-0.25, -0.2) is 0 Å². The molecule has 0 saturated carbocycles. The molecule has 1 aromatic rings. The van der Waals surface area contributed by atoms with Crippen molar-refractivity contribution in [2.75, 3.05) is 7.11 Å². The second kappa shape index (κ2) is 6.47. The topological polar surface area (TPSA) is 71.4 Å². The third-order valence-electron chi connectivity index (χ3n) is 3.40. The van der Waals surface area contributed by atoms with E-state index in [2.05, 4.69) is 9.84 Å². The van der Waals surface area contributed by atoms with Crippen LogP contribution in [0.2, 0.25) is 0 Å². The highest BCUT2D eigenvalue weighted by atomic mass is 19.4. The monoisotopic (exact) mass is 368 g/mol. The fourth-order valence-corrected chi connectivity index (χ4v) is 2.27. The van der Waals surface area contributed by atoms with E-state index in [1.165, 1.54) is 6.92 Å².